The zero-order valence-corrected chi connectivity index (χ0v) is 11.6. The number of hydrogen-bond donors (Lipinski definition) is 0. The normalized spacial score (nSPS) is 21.0. The van der Waals surface area contributed by atoms with Gasteiger partial charge in [0.15, 0.2) is 0 Å². The lowest BCUT2D eigenvalue weighted by Crippen LogP contribution is -2.29. The second kappa shape index (κ2) is 5.17. The van der Waals surface area contributed by atoms with Crippen molar-refractivity contribution >= 4 is 23.2 Å². The van der Waals surface area contributed by atoms with Crippen molar-refractivity contribution in [2.24, 2.45) is 11.8 Å². The average molecular weight is 283 g/mol. The smallest absolute Gasteiger partial charge is 0.282 e. The van der Waals surface area contributed by atoms with Gasteiger partial charge in [-0.05, 0) is 30.4 Å². The molecule has 2 rings (SSSR count). The molecule has 1 aromatic rings. The summed E-state index contributed by atoms with van der Waals surface area (Å²) in [7, 11) is 1.66. The monoisotopic (exact) mass is 282 g/mol. The molecule has 1 amide bonds. The van der Waals surface area contributed by atoms with E-state index in [1.54, 1.807) is 7.05 Å². The number of nitro groups is 1. The summed E-state index contributed by atoms with van der Waals surface area (Å²) in [6.45, 7) is 2.76. The molecule has 1 aromatic carbocycles. The van der Waals surface area contributed by atoms with Gasteiger partial charge in [0.05, 0.1) is 4.92 Å². The Morgan fingerprint density at radius 3 is 2.74 bits per heavy atom. The minimum Gasteiger partial charge on any atom is -0.341 e. The summed E-state index contributed by atoms with van der Waals surface area (Å²) in [5, 5.41) is 11.3. The molecule has 19 heavy (non-hydrogen) atoms. The third kappa shape index (κ3) is 3.04. The van der Waals surface area contributed by atoms with Gasteiger partial charge in [0.1, 0.15) is 5.56 Å². The molecule has 0 saturated heterocycles. The van der Waals surface area contributed by atoms with E-state index in [-0.39, 0.29) is 17.2 Å². The highest BCUT2D eigenvalue weighted by Gasteiger charge is 2.35. The highest BCUT2D eigenvalue weighted by Crippen LogP contribution is 2.38. The van der Waals surface area contributed by atoms with E-state index in [1.807, 2.05) is 0 Å². The van der Waals surface area contributed by atoms with E-state index in [2.05, 4.69) is 6.92 Å². The third-order valence-electron chi connectivity index (χ3n) is 3.52. The molecule has 6 heteroatoms. The van der Waals surface area contributed by atoms with Crippen molar-refractivity contribution in [2.75, 3.05) is 13.6 Å². The van der Waals surface area contributed by atoms with Gasteiger partial charge in [0.25, 0.3) is 11.6 Å². The molecule has 0 aromatic heterocycles. The summed E-state index contributed by atoms with van der Waals surface area (Å²) in [5.41, 5.74) is -0.154. The lowest BCUT2D eigenvalue weighted by atomic mass is 10.1. The van der Waals surface area contributed by atoms with Crippen LogP contribution in [0.5, 0.6) is 0 Å². The zero-order chi connectivity index (χ0) is 14.2. The van der Waals surface area contributed by atoms with Crippen LogP contribution >= 0.6 is 11.6 Å². The Morgan fingerprint density at radius 2 is 2.21 bits per heavy atom. The second-order valence-corrected chi connectivity index (χ2v) is 5.51. The molecule has 102 valence electrons. The molecule has 0 aliphatic heterocycles. The first kappa shape index (κ1) is 13.8. The van der Waals surface area contributed by atoms with E-state index >= 15 is 0 Å². The van der Waals surface area contributed by atoms with Gasteiger partial charge in [-0.15, -0.1) is 0 Å². The maximum Gasteiger partial charge on any atom is 0.282 e. The van der Waals surface area contributed by atoms with Crippen molar-refractivity contribution in [1.29, 1.82) is 0 Å². The summed E-state index contributed by atoms with van der Waals surface area (Å²) in [6, 6.07) is 4.04. The topological polar surface area (TPSA) is 63.5 Å². The van der Waals surface area contributed by atoms with Crippen molar-refractivity contribution in [3.8, 4) is 0 Å². The van der Waals surface area contributed by atoms with E-state index < -0.39 is 4.92 Å². The maximum atomic E-state index is 12.3. The van der Waals surface area contributed by atoms with Crippen molar-refractivity contribution < 1.29 is 9.72 Å². The largest absolute Gasteiger partial charge is 0.341 e. The zero-order valence-electron chi connectivity index (χ0n) is 10.8. The molecule has 0 bridgehead atoms. The van der Waals surface area contributed by atoms with E-state index in [0.29, 0.717) is 23.4 Å². The van der Waals surface area contributed by atoms with Crippen molar-refractivity contribution in [3.63, 3.8) is 0 Å². The molecular formula is C13H15ClN2O3. The van der Waals surface area contributed by atoms with Gasteiger partial charge in [0.2, 0.25) is 0 Å². The molecule has 0 radical (unpaired) electrons. The maximum absolute atomic E-state index is 12.3. The third-order valence-corrected chi connectivity index (χ3v) is 3.75. The predicted octanol–water partition coefficient (Wildman–Crippen LogP) is 2.98. The highest BCUT2D eigenvalue weighted by atomic mass is 35.5. The lowest BCUT2D eigenvalue weighted by Gasteiger charge is -2.17. The van der Waals surface area contributed by atoms with E-state index in [1.165, 1.54) is 23.1 Å². The van der Waals surface area contributed by atoms with Crippen LogP contribution in [0.1, 0.15) is 23.7 Å². The van der Waals surface area contributed by atoms with Crippen LogP contribution in [0.25, 0.3) is 0 Å². The van der Waals surface area contributed by atoms with Crippen LogP contribution in [0.15, 0.2) is 18.2 Å². The Morgan fingerprint density at radius 1 is 1.58 bits per heavy atom. The van der Waals surface area contributed by atoms with Gasteiger partial charge in [-0.1, -0.05) is 18.5 Å². The van der Waals surface area contributed by atoms with Gasteiger partial charge in [-0.25, -0.2) is 0 Å². The quantitative estimate of drug-likeness (QED) is 0.630. The molecule has 2 atom stereocenters. The predicted molar refractivity (Wildman–Crippen MR) is 72.3 cm³/mol. The first-order valence-electron chi connectivity index (χ1n) is 6.09. The number of benzene rings is 1. The first-order chi connectivity index (χ1) is 8.90. The fourth-order valence-corrected chi connectivity index (χ4v) is 2.30. The minimum absolute atomic E-state index is 0.0494. The molecule has 0 spiro atoms. The number of carbonyl (C=O) groups is 1. The van der Waals surface area contributed by atoms with E-state index in [4.69, 9.17) is 11.6 Å². The number of hydrogen-bond acceptors (Lipinski definition) is 3. The number of nitro benzene ring substituents is 1. The van der Waals surface area contributed by atoms with Crippen LogP contribution in [-0.4, -0.2) is 29.3 Å². The number of halogens is 1. The number of amides is 1. The van der Waals surface area contributed by atoms with Crippen LogP contribution in [0, 0.1) is 22.0 Å². The molecule has 1 saturated carbocycles. The Hall–Kier alpha value is -1.62. The van der Waals surface area contributed by atoms with Crippen molar-refractivity contribution in [1.82, 2.24) is 4.90 Å². The summed E-state index contributed by atoms with van der Waals surface area (Å²) in [4.78, 5) is 24.2. The summed E-state index contributed by atoms with van der Waals surface area (Å²) in [5.74, 6) is 0.782. The second-order valence-electron chi connectivity index (χ2n) is 5.08. The van der Waals surface area contributed by atoms with Crippen LogP contribution < -0.4 is 0 Å². The molecule has 1 aliphatic rings. The summed E-state index contributed by atoms with van der Waals surface area (Å²) >= 11 is 5.82. The van der Waals surface area contributed by atoms with Crippen LogP contribution in [0.4, 0.5) is 5.69 Å². The fraction of sp³-hybridized carbons (Fsp3) is 0.462. The average Bonchev–Trinajstić information content (AvgIpc) is 3.03. The fourth-order valence-electron chi connectivity index (χ4n) is 2.13. The number of rotatable bonds is 4. The lowest BCUT2D eigenvalue weighted by molar-refractivity contribution is -0.385. The Bertz CT molecular complexity index is 533. The molecule has 0 N–H and O–H groups in total. The van der Waals surface area contributed by atoms with Crippen LogP contribution in [0.2, 0.25) is 5.02 Å². The van der Waals surface area contributed by atoms with Crippen LogP contribution in [-0.2, 0) is 0 Å². The SMILES string of the molecule is CC1CC1CN(C)C(=O)c1cc(Cl)ccc1[N+](=O)[O-]. The van der Waals surface area contributed by atoms with Crippen molar-refractivity contribution in [2.45, 2.75) is 13.3 Å². The molecule has 1 fully saturated rings. The molecule has 0 heterocycles. The minimum atomic E-state index is -0.558. The molecule has 5 nitrogen and oxygen atoms in total. The Kier molecular flexibility index (Phi) is 3.75. The van der Waals surface area contributed by atoms with Crippen molar-refractivity contribution in [3.05, 3.63) is 38.9 Å². The first-order valence-corrected chi connectivity index (χ1v) is 6.47. The van der Waals surface area contributed by atoms with E-state index in [0.717, 1.165) is 6.42 Å². The van der Waals surface area contributed by atoms with Gasteiger partial charge < -0.3 is 4.90 Å². The van der Waals surface area contributed by atoms with Crippen LogP contribution in [0.3, 0.4) is 0 Å². The number of nitrogens with zero attached hydrogens (tertiary/aromatic N) is 2. The van der Waals surface area contributed by atoms with Gasteiger partial charge in [-0.2, -0.15) is 0 Å². The van der Waals surface area contributed by atoms with Gasteiger partial charge in [0, 0.05) is 24.7 Å². The van der Waals surface area contributed by atoms with E-state index in [9.17, 15) is 14.9 Å². The highest BCUT2D eigenvalue weighted by molar-refractivity contribution is 6.31. The Labute approximate surface area is 116 Å². The van der Waals surface area contributed by atoms with Gasteiger partial charge >= 0.3 is 0 Å². The molecule has 1 aliphatic carbocycles. The molecule has 2 unspecified atom stereocenters. The standard InChI is InChI=1S/C13H15ClN2O3/c1-8-5-9(8)7-15(2)13(17)11-6-10(14)3-4-12(11)16(18)19/h3-4,6,8-9H,5,7H2,1-2H3. The summed E-state index contributed by atoms with van der Waals surface area (Å²) < 4.78 is 0. The van der Waals surface area contributed by atoms with Gasteiger partial charge in [-0.3, -0.25) is 14.9 Å². The number of carbonyl (C=O) groups excluding carboxylic acids is 1. The summed E-state index contributed by atoms with van der Waals surface area (Å²) in [6.07, 6.45) is 1.11. The Balaban J connectivity index is 2.21. The molecular weight excluding hydrogens is 268 g/mol.